The van der Waals surface area contributed by atoms with E-state index in [4.69, 9.17) is 9.69 Å². The van der Waals surface area contributed by atoms with Crippen molar-refractivity contribution in [1.29, 1.82) is 5.26 Å². The lowest BCUT2D eigenvalue weighted by Gasteiger charge is -2.36. The zero-order chi connectivity index (χ0) is 15.0. The summed E-state index contributed by atoms with van der Waals surface area (Å²) >= 11 is 0. The molecule has 3 nitrogen and oxygen atoms in total. The fourth-order valence-electron chi connectivity index (χ4n) is 1.81. The van der Waals surface area contributed by atoms with Gasteiger partial charge >= 0.3 is 0 Å². The van der Waals surface area contributed by atoms with Crippen LogP contribution in [0, 0.1) is 11.3 Å². The molecule has 106 valence electrons. The van der Waals surface area contributed by atoms with Gasteiger partial charge in [-0.3, -0.25) is 0 Å². The largest absolute Gasteiger partial charge is 0.411 e. The van der Waals surface area contributed by atoms with Gasteiger partial charge in [-0.1, -0.05) is 20.8 Å². The van der Waals surface area contributed by atoms with Crippen LogP contribution in [0.5, 0.6) is 0 Å². The number of nitrogens with zero attached hydrogens (tertiary/aromatic N) is 1. The van der Waals surface area contributed by atoms with Crippen LogP contribution in [0.25, 0.3) is 10.9 Å². The topological polar surface area (TPSA) is 48.8 Å². The molecule has 0 saturated carbocycles. The molecule has 1 aromatic carbocycles. The Bertz CT molecular complexity index is 659. The fraction of sp³-hybridized carbons (Fsp3) is 0.438. The predicted molar refractivity (Wildman–Crippen MR) is 85.0 cm³/mol. The Hall–Kier alpha value is -1.57. The van der Waals surface area contributed by atoms with Crippen molar-refractivity contribution in [2.24, 2.45) is 0 Å². The number of aromatic amines is 1. The van der Waals surface area contributed by atoms with Gasteiger partial charge < -0.3 is 9.41 Å². The summed E-state index contributed by atoms with van der Waals surface area (Å²) in [5.41, 5.74) is 2.81. The third-order valence-electron chi connectivity index (χ3n) is 4.20. The third-order valence-corrected chi connectivity index (χ3v) is 8.68. The molecule has 0 fully saturated rings. The number of H-pyrrole nitrogens is 1. The molecule has 0 saturated heterocycles. The molecule has 0 aliphatic rings. The number of hydrogen-bond donors (Lipinski definition) is 1. The predicted octanol–water partition coefficient (Wildman–Crippen LogP) is 4.56. The molecule has 0 unspecified atom stereocenters. The minimum Gasteiger partial charge on any atom is -0.411 e. The first kappa shape index (κ1) is 14.8. The Morgan fingerprint density at radius 2 is 1.95 bits per heavy atom. The average molecular weight is 286 g/mol. The van der Waals surface area contributed by atoms with Crippen LogP contribution >= 0.6 is 0 Å². The van der Waals surface area contributed by atoms with Crippen LogP contribution < -0.4 is 0 Å². The number of benzene rings is 1. The summed E-state index contributed by atoms with van der Waals surface area (Å²) < 4.78 is 6.21. The van der Waals surface area contributed by atoms with Crippen molar-refractivity contribution in [2.45, 2.75) is 45.5 Å². The van der Waals surface area contributed by atoms with Crippen molar-refractivity contribution in [3.8, 4) is 6.07 Å². The summed E-state index contributed by atoms with van der Waals surface area (Å²) in [7, 11) is -1.73. The van der Waals surface area contributed by atoms with Gasteiger partial charge in [-0.05, 0) is 42.4 Å². The molecule has 2 rings (SSSR count). The van der Waals surface area contributed by atoms with Gasteiger partial charge in [-0.2, -0.15) is 5.26 Å². The standard InChI is InChI=1S/C16H22N2OSi/c1-16(2,3)20(4,5)19-11-14-9-13-8-12(10-17)6-7-15(13)18-14/h6-9,18H,11H2,1-5H3. The first-order valence-electron chi connectivity index (χ1n) is 6.89. The average Bonchev–Trinajstić information content (AvgIpc) is 2.76. The minimum absolute atomic E-state index is 0.215. The van der Waals surface area contributed by atoms with Crippen molar-refractivity contribution < 1.29 is 4.43 Å². The highest BCUT2D eigenvalue weighted by atomic mass is 28.4. The first-order chi connectivity index (χ1) is 9.23. The molecule has 0 spiro atoms. The molecule has 0 aliphatic heterocycles. The quantitative estimate of drug-likeness (QED) is 0.841. The van der Waals surface area contributed by atoms with Gasteiger partial charge in [-0.25, -0.2) is 0 Å². The number of fused-ring (bicyclic) bond motifs is 1. The summed E-state index contributed by atoms with van der Waals surface area (Å²) in [6.07, 6.45) is 0. The highest BCUT2D eigenvalue weighted by Gasteiger charge is 2.37. The molecule has 20 heavy (non-hydrogen) atoms. The van der Waals surface area contributed by atoms with Gasteiger partial charge in [0, 0.05) is 16.6 Å². The van der Waals surface area contributed by atoms with Crippen LogP contribution in [0.3, 0.4) is 0 Å². The van der Waals surface area contributed by atoms with E-state index < -0.39 is 8.32 Å². The molecule has 0 bridgehead atoms. The highest BCUT2D eigenvalue weighted by Crippen LogP contribution is 2.37. The SMILES string of the molecule is CC(C)(C)[Si](C)(C)OCc1cc2cc(C#N)ccc2[nH]1. The Kier molecular flexibility index (Phi) is 3.77. The monoisotopic (exact) mass is 286 g/mol. The maximum Gasteiger partial charge on any atom is 0.192 e. The Balaban J connectivity index is 2.17. The summed E-state index contributed by atoms with van der Waals surface area (Å²) in [4.78, 5) is 3.36. The maximum atomic E-state index is 8.92. The molecule has 0 radical (unpaired) electrons. The molecule has 1 N–H and O–H groups in total. The third kappa shape index (κ3) is 2.95. The van der Waals surface area contributed by atoms with Gasteiger partial charge in [0.1, 0.15) is 0 Å². The van der Waals surface area contributed by atoms with Crippen molar-refractivity contribution in [3.05, 3.63) is 35.5 Å². The van der Waals surface area contributed by atoms with E-state index in [1.807, 2.05) is 18.2 Å². The summed E-state index contributed by atoms with van der Waals surface area (Å²) in [6, 6.07) is 9.92. The zero-order valence-electron chi connectivity index (χ0n) is 12.9. The van der Waals surface area contributed by atoms with E-state index in [1.165, 1.54) is 0 Å². The van der Waals surface area contributed by atoms with Crippen molar-refractivity contribution in [3.63, 3.8) is 0 Å². The van der Waals surface area contributed by atoms with Crippen LogP contribution in [0.4, 0.5) is 0 Å². The van der Waals surface area contributed by atoms with E-state index in [0.717, 1.165) is 16.6 Å². The van der Waals surface area contributed by atoms with Crippen molar-refractivity contribution in [1.82, 2.24) is 4.98 Å². The normalized spacial score (nSPS) is 12.6. The summed E-state index contributed by atoms with van der Waals surface area (Å²) in [5.74, 6) is 0. The van der Waals surface area contributed by atoms with E-state index in [9.17, 15) is 0 Å². The lowest BCUT2D eigenvalue weighted by Crippen LogP contribution is -2.40. The Morgan fingerprint density at radius 3 is 2.55 bits per heavy atom. The summed E-state index contributed by atoms with van der Waals surface area (Å²) in [6.45, 7) is 11.8. The molecule has 1 heterocycles. The number of rotatable bonds is 3. The van der Waals surface area contributed by atoms with Gasteiger partial charge in [0.25, 0.3) is 0 Å². The lowest BCUT2D eigenvalue weighted by molar-refractivity contribution is 0.273. The molecule has 2 aromatic rings. The zero-order valence-corrected chi connectivity index (χ0v) is 13.9. The van der Waals surface area contributed by atoms with Crippen LogP contribution in [0.1, 0.15) is 32.0 Å². The Labute approximate surface area is 121 Å². The molecule has 0 aliphatic carbocycles. The van der Waals surface area contributed by atoms with Crippen LogP contribution in [0.2, 0.25) is 18.1 Å². The van der Waals surface area contributed by atoms with E-state index >= 15 is 0 Å². The van der Waals surface area contributed by atoms with Crippen LogP contribution in [-0.4, -0.2) is 13.3 Å². The highest BCUT2D eigenvalue weighted by molar-refractivity contribution is 6.74. The number of nitrogens with one attached hydrogen (secondary N) is 1. The second-order valence-electron chi connectivity index (χ2n) is 6.76. The molecular formula is C16H22N2OSi. The summed E-state index contributed by atoms with van der Waals surface area (Å²) in [5, 5.41) is 10.2. The van der Waals surface area contributed by atoms with Gasteiger partial charge in [0.05, 0.1) is 18.2 Å². The van der Waals surface area contributed by atoms with Crippen LogP contribution in [-0.2, 0) is 11.0 Å². The van der Waals surface area contributed by atoms with Gasteiger partial charge in [0.15, 0.2) is 8.32 Å². The number of hydrogen-bond acceptors (Lipinski definition) is 2. The molecule has 4 heteroatoms. The van der Waals surface area contributed by atoms with E-state index in [0.29, 0.717) is 12.2 Å². The van der Waals surface area contributed by atoms with E-state index in [1.54, 1.807) is 0 Å². The smallest absolute Gasteiger partial charge is 0.192 e. The Morgan fingerprint density at radius 1 is 1.25 bits per heavy atom. The number of nitriles is 1. The van der Waals surface area contributed by atoms with Crippen LogP contribution in [0.15, 0.2) is 24.3 Å². The van der Waals surface area contributed by atoms with E-state index in [2.05, 4.69) is 51.0 Å². The molecule has 0 atom stereocenters. The lowest BCUT2D eigenvalue weighted by atomic mass is 10.2. The molecule has 1 aromatic heterocycles. The van der Waals surface area contributed by atoms with E-state index in [-0.39, 0.29) is 5.04 Å². The van der Waals surface area contributed by atoms with Gasteiger partial charge in [-0.15, -0.1) is 0 Å². The second kappa shape index (κ2) is 5.08. The maximum absolute atomic E-state index is 8.92. The second-order valence-corrected chi connectivity index (χ2v) is 11.6. The van der Waals surface area contributed by atoms with Crippen molar-refractivity contribution >= 4 is 19.2 Å². The first-order valence-corrected chi connectivity index (χ1v) is 9.79. The van der Waals surface area contributed by atoms with Crippen molar-refractivity contribution in [2.75, 3.05) is 0 Å². The molecule has 0 amide bonds. The fourth-order valence-corrected chi connectivity index (χ4v) is 2.76. The van der Waals surface area contributed by atoms with Gasteiger partial charge in [0.2, 0.25) is 0 Å². The number of aromatic nitrogens is 1. The minimum atomic E-state index is -1.73. The molecular weight excluding hydrogens is 264 g/mol.